The Kier molecular flexibility index (Phi) is 7.30. The molecule has 3 heteroatoms. The Morgan fingerprint density at radius 1 is 1.39 bits per heavy atom. The zero-order valence-corrected chi connectivity index (χ0v) is 11.7. The summed E-state index contributed by atoms with van der Waals surface area (Å²) < 4.78 is 0. The second kappa shape index (κ2) is 8.84. The van der Waals surface area contributed by atoms with Gasteiger partial charge in [0.1, 0.15) is 0 Å². The van der Waals surface area contributed by atoms with Crippen molar-refractivity contribution in [2.24, 2.45) is 0 Å². The first-order chi connectivity index (χ1) is 8.80. The zero-order valence-electron chi connectivity index (χ0n) is 11.7. The van der Waals surface area contributed by atoms with Gasteiger partial charge in [-0.05, 0) is 31.1 Å². The molecule has 1 N–H and O–H groups in total. The summed E-state index contributed by atoms with van der Waals surface area (Å²) in [6.45, 7) is 12.9. The molecule has 0 atom stereocenters. The number of pyridine rings is 1. The second-order valence-electron chi connectivity index (χ2n) is 4.45. The van der Waals surface area contributed by atoms with E-state index in [1.54, 1.807) is 0 Å². The van der Waals surface area contributed by atoms with Gasteiger partial charge in [0.15, 0.2) is 0 Å². The van der Waals surface area contributed by atoms with Crippen molar-refractivity contribution >= 4 is 0 Å². The number of likely N-dealkylation sites (N-methyl/N-ethyl adjacent to an activating group) is 1. The third-order valence-corrected chi connectivity index (χ3v) is 2.86. The maximum atomic E-state index is 4.51. The number of aromatic nitrogens is 1. The molecule has 18 heavy (non-hydrogen) atoms. The molecule has 0 aliphatic carbocycles. The van der Waals surface area contributed by atoms with Crippen molar-refractivity contribution in [1.29, 1.82) is 0 Å². The standard InChI is InChI=1S/C15H25N3/c1-4-9-16-11-14-7-8-15(17-12-14)13-18(6-3)10-5-2/h5,7-8,12,16H,2,4,6,9-11,13H2,1,3H3. The Hall–Kier alpha value is -1.19. The van der Waals surface area contributed by atoms with Crippen LogP contribution in [0.25, 0.3) is 0 Å². The first-order valence-electron chi connectivity index (χ1n) is 6.77. The minimum atomic E-state index is 0.894. The lowest BCUT2D eigenvalue weighted by Gasteiger charge is -2.17. The normalized spacial score (nSPS) is 10.8. The van der Waals surface area contributed by atoms with E-state index in [1.807, 2.05) is 12.3 Å². The van der Waals surface area contributed by atoms with Crippen molar-refractivity contribution in [1.82, 2.24) is 15.2 Å². The van der Waals surface area contributed by atoms with Crippen LogP contribution in [-0.2, 0) is 13.1 Å². The molecule has 1 rings (SSSR count). The molecule has 0 amide bonds. The Bertz CT molecular complexity index is 332. The van der Waals surface area contributed by atoms with Crippen LogP contribution in [0.15, 0.2) is 31.0 Å². The van der Waals surface area contributed by atoms with E-state index < -0.39 is 0 Å². The molecule has 3 nitrogen and oxygen atoms in total. The smallest absolute Gasteiger partial charge is 0.0544 e. The van der Waals surface area contributed by atoms with Crippen molar-refractivity contribution in [2.75, 3.05) is 19.6 Å². The highest BCUT2D eigenvalue weighted by atomic mass is 15.1. The van der Waals surface area contributed by atoms with Gasteiger partial charge >= 0.3 is 0 Å². The summed E-state index contributed by atoms with van der Waals surface area (Å²) in [7, 11) is 0. The van der Waals surface area contributed by atoms with E-state index in [2.05, 4.69) is 47.8 Å². The predicted octanol–water partition coefficient (Wildman–Crippen LogP) is 2.59. The molecule has 0 aliphatic rings. The fraction of sp³-hybridized carbons (Fsp3) is 0.533. The molecule has 1 aromatic rings. The number of hydrogen-bond donors (Lipinski definition) is 1. The Balaban J connectivity index is 2.46. The molecule has 0 unspecified atom stereocenters. The Morgan fingerprint density at radius 2 is 2.22 bits per heavy atom. The van der Waals surface area contributed by atoms with Crippen LogP contribution < -0.4 is 5.32 Å². The van der Waals surface area contributed by atoms with E-state index >= 15 is 0 Å². The second-order valence-corrected chi connectivity index (χ2v) is 4.45. The van der Waals surface area contributed by atoms with Crippen LogP contribution in [0.4, 0.5) is 0 Å². The summed E-state index contributed by atoms with van der Waals surface area (Å²) in [6.07, 6.45) is 5.07. The van der Waals surface area contributed by atoms with Gasteiger partial charge in [0, 0.05) is 25.8 Å². The quantitative estimate of drug-likeness (QED) is 0.537. The fourth-order valence-corrected chi connectivity index (χ4v) is 1.78. The first kappa shape index (κ1) is 14.9. The van der Waals surface area contributed by atoms with Gasteiger partial charge in [-0.3, -0.25) is 9.88 Å². The lowest BCUT2D eigenvalue weighted by atomic mass is 10.2. The lowest BCUT2D eigenvalue weighted by molar-refractivity contribution is 0.307. The molecule has 0 saturated carbocycles. The van der Waals surface area contributed by atoms with Crippen LogP contribution in [0.2, 0.25) is 0 Å². The van der Waals surface area contributed by atoms with Crippen LogP contribution in [0.5, 0.6) is 0 Å². The molecule has 0 radical (unpaired) electrons. The summed E-state index contributed by atoms with van der Waals surface area (Å²) in [6, 6.07) is 4.28. The summed E-state index contributed by atoms with van der Waals surface area (Å²) >= 11 is 0. The molecule has 0 fully saturated rings. The highest BCUT2D eigenvalue weighted by Gasteiger charge is 2.02. The van der Waals surface area contributed by atoms with E-state index in [9.17, 15) is 0 Å². The van der Waals surface area contributed by atoms with Gasteiger partial charge in [-0.1, -0.05) is 26.0 Å². The molecule has 100 valence electrons. The predicted molar refractivity (Wildman–Crippen MR) is 77.4 cm³/mol. The molecule has 0 saturated heterocycles. The minimum absolute atomic E-state index is 0.894. The molecule has 0 bridgehead atoms. The molecule has 0 spiro atoms. The Morgan fingerprint density at radius 3 is 2.78 bits per heavy atom. The first-order valence-corrected chi connectivity index (χ1v) is 6.77. The third-order valence-electron chi connectivity index (χ3n) is 2.86. The van der Waals surface area contributed by atoms with Crippen LogP contribution in [0, 0.1) is 0 Å². The van der Waals surface area contributed by atoms with E-state index in [1.165, 1.54) is 12.0 Å². The molecule has 0 aromatic carbocycles. The average molecular weight is 247 g/mol. The topological polar surface area (TPSA) is 28.2 Å². The largest absolute Gasteiger partial charge is 0.313 e. The number of hydrogen-bond acceptors (Lipinski definition) is 3. The van der Waals surface area contributed by atoms with Crippen molar-refractivity contribution in [2.45, 2.75) is 33.4 Å². The maximum absolute atomic E-state index is 4.51. The maximum Gasteiger partial charge on any atom is 0.0544 e. The summed E-state index contributed by atoms with van der Waals surface area (Å²) in [5, 5.41) is 3.38. The molecular formula is C15H25N3. The molecular weight excluding hydrogens is 222 g/mol. The lowest BCUT2D eigenvalue weighted by Crippen LogP contribution is -2.23. The van der Waals surface area contributed by atoms with Gasteiger partial charge in [-0.2, -0.15) is 0 Å². The summed E-state index contributed by atoms with van der Waals surface area (Å²) in [5.41, 5.74) is 2.37. The zero-order chi connectivity index (χ0) is 13.2. The fourth-order valence-electron chi connectivity index (χ4n) is 1.78. The van der Waals surface area contributed by atoms with E-state index in [0.717, 1.165) is 38.4 Å². The molecule has 1 aromatic heterocycles. The minimum Gasteiger partial charge on any atom is -0.313 e. The van der Waals surface area contributed by atoms with Crippen LogP contribution in [0.3, 0.4) is 0 Å². The van der Waals surface area contributed by atoms with E-state index in [-0.39, 0.29) is 0 Å². The molecule has 1 heterocycles. The van der Waals surface area contributed by atoms with Crippen LogP contribution in [-0.4, -0.2) is 29.5 Å². The SMILES string of the molecule is C=CCN(CC)Cc1ccc(CNCCC)cn1. The van der Waals surface area contributed by atoms with Gasteiger partial charge in [0.2, 0.25) is 0 Å². The number of nitrogens with one attached hydrogen (secondary N) is 1. The number of nitrogens with zero attached hydrogens (tertiary/aromatic N) is 2. The van der Waals surface area contributed by atoms with Crippen molar-refractivity contribution < 1.29 is 0 Å². The van der Waals surface area contributed by atoms with Gasteiger partial charge in [0.05, 0.1) is 5.69 Å². The Labute approximate surface area is 111 Å². The van der Waals surface area contributed by atoms with E-state index in [0.29, 0.717) is 0 Å². The van der Waals surface area contributed by atoms with Crippen LogP contribution >= 0.6 is 0 Å². The van der Waals surface area contributed by atoms with Gasteiger partial charge in [0.25, 0.3) is 0 Å². The van der Waals surface area contributed by atoms with Crippen molar-refractivity contribution in [3.8, 4) is 0 Å². The van der Waals surface area contributed by atoms with Gasteiger partial charge < -0.3 is 5.32 Å². The third kappa shape index (κ3) is 5.43. The highest BCUT2D eigenvalue weighted by molar-refractivity contribution is 5.14. The van der Waals surface area contributed by atoms with Crippen molar-refractivity contribution in [3.63, 3.8) is 0 Å². The monoisotopic (exact) mass is 247 g/mol. The van der Waals surface area contributed by atoms with Gasteiger partial charge in [-0.25, -0.2) is 0 Å². The summed E-state index contributed by atoms with van der Waals surface area (Å²) in [5.74, 6) is 0. The highest BCUT2D eigenvalue weighted by Crippen LogP contribution is 2.04. The van der Waals surface area contributed by atoms with Gasteiger partial charge in [-0.15, -0.1) is 6.58 Å². The van der Waals surface area contributed by atoms with Crippen LogP contribution in [0.1, 0.15) is 31.5 Å². The van der Waals surface area contributed by atoms with Crippen molar-refractivity contribution in [3.05, 3.63) is 42.2 Å². The van der Waals surface area contributed by atoms with E-state index in [4.69, 9.17) is 0 Å². The number of rotatable bonds is 9. The average Bonchev–Trinajstić information content (AvgIpc) is 2.40. The molecule has 0 aliphatic heterocycles. The summed E-state index contributed by atoms with van der Waals surface area (Å²) in [4.78, 5) is 6.82.